The standard InChI is InChI=1S/C24H27NO6/c1-24(2,3)31-22(27)20(13-21(26)29-4)25-23(28)30-14-19-17-11-7-5-9-15(17)16-10-6-8-12-18(16)19/h5-12,19-20H,13-14H2,1-4H3,(H,25,28)/t20-/m0/s1. The van der Waals surface area contributed by atoms with Gasteiger partial charge in [0, 0.05) is 5.92 Å². The van der Waals surface area contributed by atoms with Crippen molar-refractivity contribution in [1.82, 2.24) is 5.32 Å². The molecule has 0 aliphatic heterocycles. The van der Waals surface area contributed by atoms with Crippen molar-refractivity contribution in [1.29, 1.82) is 0 Å². The number of carbonyl (C=O) groups is 3. The molecule has 0 spiro atoms. The third kappa shape index (κ3) is 5.42. The van der Waals surface area contributed by atoms with E-state index < -0.39 is 29.7 Å². The molecule has 0 bridgehead atoms. The van der Waals surface area contributed by atoms with E-state index in [2.05, 4.69) is 10.1 Å². The fourth-order valence-electron chi connectivity index (χ4n) is 3.60. The van der Waals surface area contributed by atoms with Crippen molar-refractivity contribution < 1.29 is 28.6 Å². The summed E-state index contributed by atoms with van der Waals surface area (Å²) in [5, 5.41) is 2.44. The third-order valence-corrected chi connectivity index (χ3v) is 4.93. The fraction of sp³-hybridized carbons (Fsp3) is 0.375. The summed E-state index contributed by atoms with van der Waals surface area (Å²) in [6.45, 7) is 5.20. The topological polar surface area (TPSA) is 90.9 Å². The van der Waals surface area contributed by atoms with Crippen LogP contribution in [0.1, 0.15) is 44.2 Å². The zero-order valence-electron chi connectivity index (χ0n) is 18.1. The number of fused-ring (bicyclic) bond motifs is 3. The van der Waals surface area contributed by atoms with Crippen LogP contribution in [0.2, 0.25) is 0 Å². The second kappa shape index (κ2) is 9.20. The van der Waals surface area contributed by atoms with Crippen LogP contribution in [0.15, 0.2) is 48.5 Å². The van der Waals surface area contributed by atoms with Gasteiger partial charge in [-0.3, -0.25) is 4.79 Å². The van der Waals surface area contributed by atoms with E-state index in [1.807, 2.05) is 48.5 Å². The zero-order chi connectivity index (χ0) is 22.6. The Morgan fingerprint density at radius 3 is 2.03 bits per heavy atom. The van der Waals surface area contributed by atoms with E-state index in [-0.39, 0.29) is 18.9 Å². The first kappa shape index (κ1) is 22.3. The third-order valence-electron chi connectivity index (χ3n) is 4.93. The lowest BCUT2D eigenvalue weighted by molar-refractivity contribution is -0.160. The molecule has 0 heterocycles. The number of amides is 1. The highest BCUT2D eigenvalue weighted by Crippen LogP contribution is 2.44. The Bertz CT molecular complexity index is 933. The zero-order valence-corrected chi connectivity index (χ0v) is 18.1. The van der Waals surface area contributed by atoms with Crippen LogP contribution in [0, 0.1) is 0 Å². The van der Waals surface area contributed by atoms with Gasteiger partial charge in [0.2, 0.25) is 0 Å². The number of hydrogen-bond acceptors (Lipinski definition) is 6. The number of ether oxygens (including phenoxy) is 3. The summed E-state index contributed by atoms with van der Waals surface area (Å²) in [7, 11) is 1.21. The summed E-state index contributed by atoms with van der Waals surface area (Å²) < 4.78 is 15.4. The van der Waals surface area contributed by atoms with Crippen molar-refractivity contribution in [2.75, 3.05) is 13.7 Å². The number of rotatable bonds is 6. The first-order valence-electron chi connectivity index (χ1n) is 10.1. The van der Waals surface area contributed by atoms with Crippen molar-refractivity contribution in [2.24, 2.45) is 0 Å². The number of hydrogen-bond donors (Lipinski definition) is 1. The summed E-state index contributed by atoms with van der Waals surface area (Å²) in [5.41, 5.74) is 3.62. The van der Waals surface area contributed by atoms with E-state index in [0.717, 1.165) is 22.3 Å². The average Bonchev–Trinajstić information content (AvgIpc) is 3.04. The normalized spacial score (nSPS) is 13.5. The number of methoxy groups -OCH3 is 1. The summed E-state index contributed by atoms with van der Waals surface area (Å²) in [4.78, 5) is 36.6. The highest BCUT2D eigenvalue weighted by Gasteiger charge is 2.32. The molecule has 0 unspecified atom stereocenters. The van der Waals surface area contributed by atoms with Gasteiger partial charge in [-0.15, -0.1) is 0 Å². The summed E-state index contributed by atoms with van der Waals surface area (Å²) in [6, 6.07) is 14.8. The van der Waals surface area contributed by atoms with Gasteiger partial charge in [-0.1, -0.05) is 48.5 Å². The van der Waals surface area contributed by atoms with Gasteiger partial charge >= 0.3 is 18.0 Å². The van der Waals surface area contributed by atoms with Crippen LogP contribution in [-0.2, 0) is 23.8 Å². The largest absolute Gasteiger partial charge is 0.469 e. The Labute approximate surface area is 181 Å². The van der Waals surface area contributed by atoms with Crippen LogP contribution in [-0.4, -0.2) is 43.4 Å². The molecule has 1 atom stereocenters. The molecule has 7 heteroatoms. The van der Waals surface area contributed by atoms with Gasteiger partial charge in [0.15, 0.2) is 0 Å². The van der Waals surface area contributed by atoms with Crippen LogP contribution in [0.5, 0.6) is 0 Å². The monoisotopic (exact) mass is 425 g/mol. The predicted molar refractivity (Wildman–Crippen MR) is 114 cm³/mol. The van der Waals surface area contributed by atoms with Crippen molar-refractivity contribution in [2.45, 2.75) is 44.8 Å². The maximum atomic E-state index is 12.5. The van der Waals surface area contributed by atoms with Gasteiger partial charge in [-0.25, -0.2) is 9.59 Å². The molecule has 0 saturated carbocycles. The summed E-state index contributed by atoms with van der Waals surface area (Å²) in [5.74, 6) is -1.49. The molecule has 1 N–H and O–H groups in total. The van der Waals surface area contributed by atoms with Gasteiger partial charge < -0.3 is 19.5 Å². The number of alkyl carbamates (subject to hydrolysis) is 1. The molecule has 3 rings (SSSR count). The molecule has 1 aliphatic rings. The molecule has 0 radical (unpaired) electrons. The molecule has 164 valence electrons. The van der Waals surface area contributed by atoms with Crippen LogP contribution in [0.4, 0.5) is 4.79 Å². The first-order valence-corrected chi connectivity index (χ1v) is 10.1. The minimum absolute atomic E-state index is 0.0964. The van der Waals surface area contributed by atoms with E-state index in [4.69, 9.17) is 9.47 Å². The van der Waals surface area contributed by atoms with Gasteiger partial charge in [0.1, 0.15) is 18.2 Å². The van der Waals surface area contributed by atoms with Gasteiger partial charge in [0.05, 0.1) is 13.5 Å². The minimum atomic E-state index is -1.21. The molecule has 1 amide bonds. The lowest BCUT2D eigenvalue weighted by Gasteiger charge is -2.24. The van der Waals surface area contributed by atoms with Crippen LogP contribution in [0.3, 0.4) is 0 Å². The number of benzene rings is 2. The predicted octanol–water partition coefficient (Wildman–Crippen LogP) is 3.80. The second-order valence-corrected chi connectivity index (χ2v) is 8.34. The number of esters is 2. The van der Waals surface area contributed by atoms with Crippen LogP contribution in [0.25, 0.3) is 11.1 Å². The quantitative estimate of drug-likeness (QED) is 0.559. The molecule has 0 fully saturated rings. The Hall–Kier alpha value is -3.35. The van der Waals surface area contributed by atoms with Gasteiger partial charge in [-0.05, 0) is 43.0 Å². The highest BCUT2D eigenvalue weighted by atomic mass is 16.6. The van der Waals surface area contributed by atoms with Gasteiger partial charge in [-0.2, -0.15) is 0 Å². The summed E-state index contributed by atoms with van der Waals surface area (Å²) in [6.07, 6.45) is -1.16. The Balaban J connectivity index is 1.69. The smallest absolute Gasteiger partial charge is 0.407 e. The molecular weight excluding hydrogens is 398 g/mol. The molecular formula is C24H27NO6. The minimum Gasteiger partial charge on any atom is -0.469 e. The van der Waals surface area contributed by atoms with Crippen LogP contribution >= 0.6 is 0 Å². The van der Waals surface area contributed by atoms with E-state index >= 15 is 0 Å². The maximum Gasteiger partial charge on any atom is 0.407 e. The molecule has 0 aromatic heterocycles. The molecule has 2 aromatic carbocycles. The van der Waals surface area contributed by atoms with Crippen LogP contribution < -0.4 is 5.32 Å². The Morgan fingerprint density at radius 1 is 0.968 bits per heavy atom. The molecule has 1 aliphatic carbocycles. The Kier molecular flexibility index (Phi) is 6.63. The number of carbonyl (C=O) groups excluding carboxylic acids is 3. The molecule has 2 aromatic rings. The lowest BCUT2D eigenvalue weighted by atomic mass is 9.98. The number of nitrogens with one attached hydrogen (secondary N) is 1. The highest BCUT2D eigenvalue weighted by molar-refractivity contribution is 5.86. The first-order chi connectivity index (χ1) is 14.7. The second-order valence-electron chi connectivity index (χ2n) is 8.34. The molecule has 31 heavy (non-hydrogen) atoms. The lowest BCUT2D eigenvalue weighted by Crippen LogP contribution is -2.45. The van der Waals surface area contributed by atoms with Gasteiger partial charge in [0.25, 0.3) is 0 Å². The van der Waals surface area contributed by atoms with Crippen molar-refractivity contribution >= 4 is 18.0 Å². The maximum absolute atomic E-state index is 12.5. The SMILES string of the molecule is COC(=O)C[C@H](NC(=O)OCC1c2ccccc2-c2ccccc21)C(=O)OC(C)(C)C. The molecule has 7 nitrogen and oxygen atoms in total. The Morgan fingerprint density at radius 2 is 1.52 bits per heavy atom. The fourth-order valence-corrected chi connectivity index (χ4v) is 3.60. The van der Waals surface area contributed by atoms with E-state index in [1.54, 1.807) is 20.8 Å². The molecule has 0 saturated heterocycles. The van der Waals surface area contributed by atoms with Crippen molar-refractivity contribution in [3.8, 4) is 11.1 Å². The van der Waals surface area contributed by atoms with E-state index in [0.29, 0.717) is 0 Å². The summed E-state index contributed by atoms with van der Waals surface area (Å²) >= 11 is 0. The van der Waals surface area contributed by atoms with E-state index in [9.17, 15) is 14.4 Å². The van der Waals surface area contributed by atoms with Crippen molar-refractivity contribution in [3.05, 3.63) is 59.7 Å². The van der Waals surface area contributed by atoms with E-state index in [1.165, 1.54) is 7.11 Å². The average molecular weight is 425 g/mol. The van der Waals surface area contributed by atoms with Crippen molar-refractivity contribution in [3.63, 3.8) is 0 Å².